The number of furan rings is 1. The van der Waals surface area contributed by atoms with E-state index in [0.717, 1.165) is 15.9 Å². The van der Waals surface area contributed by atoms with Gasteiger partial charge in [0.25, 0.3) is 0 Å². The fraction of sp³-hybridized carbons (Fsp3) is 0.0833. The lowest BCUT2D eigenvalue weighted by molar-refractivity contribution is 0.503. The molecule has 88 valence electrons. The molecule has 0 saturated heterocycles. The standard InChI is InChI=1S/C12H11BrN2OS/c13-9-3-5-10(6-4-9)15-12(17)14-8-11-2-1-7-16-11/h1-7H,8H2,(H2,14,15,17). The van der Waals surface area contributed by atoms with Crippen LogP contribution in [-0.4, -0.2) is 5.11 Å². The van der Waals surface area contributed by atoms with Gasteiger partial charge in [0.1, 0.15) is 5.76 Å². The molecule has 0 atom stereocenters. The molecule has 0 amide bonds. The van der Waals surface area contributed by atoms with Crippen LogP contribution in [0, 0.1) is 0 Å². The highest BCUT2D eigenvalue weighted by Crippen LogP contribution is 2.13. The SMILES string of the molecule is S=C(NCc1ccco1)Nc1ccc(Br)cc1. The summed E-state index contributed by atoms with van der Waals surface area (Å²) in [7, 11) is 0. The van der Waals surface area contributed by atoms with E-state index in [1.807, 2.05) is 36.4 Å². The zero-order valence-electron chi connectivity index (χ0n) is 8.94. The Morgan fingerprint density at radius 3 is 2.65 bits per heavy atom. The summed E-state index contributed by atoms with van der Waals surface area (Å²) in [4.78, 5) is 0. The van der Waals surface area contributed by atoms with Crippen LogP contribution in [0.3, 0.4) is 0 Å². The molecule has 1 heterocycles. The largest absolute Gasteiger partial charge is 0.467 e. The van der Waals surface area contributed by atoms with Crippen LogP contribution < -0.4 is 10.6 Å². The lowest BCUT2D eigenvalue weighted by atomic mass is 10.3. The van der Waals surface area contributed by atoms with Crippen LogP contribution >= 0.6 is 28.1 Å². The van der Waals surface area contributed by atoms with Gasteiger partial charge in [0, 0.05) is 10.2 Å². The highest BCUT2D eigenvalue weighted by atomic mass is 79.9. The summed E-state index contributed by atoms with van der Waals surface area (Å²) in [5, 5.41) is 6.73. The summed E-state index contributed by atoms with van der Waals surface area (Å²) < 4.78 is 6.23. The molecule has 0 spiro atoms. The fourth-order valence-electron chi connectivity index (χ4n) is 1.29. The third-order valence-corrected chi connectivity index (χ3v) is 2.88. The van der Waals surface area contributed by atoms with Crippen LogP contribution in [0.4, 0.5) is 5.69 Å². The highest BCUT2D eigenvalue weighted by Gasteiger charge is 1.99. The fourth-order valence-corrected chi connectivity index (χ4v) is 1.74. The summed E-state index contributed by atoms with van der Waals surface area (Å²) in [6.45, 7) is 0.579. The zero-order valence-corrected chi connectivity index (χ0v) is 11.3. The van der Waals surface area contributed by atoms with Crippen molar-refractivity contribution < 1.29 is 4.42 Å². The van der Waals surface area contributed by atoms with Crippen molar-refractivity contribution in [2.24, 2.45) is 0 Å². The van der Waals surface area contributed by atoms with E-state index in [2.05, 4.69) is 26.6 Å². The Morgan fingerprint density at radius 2 is 2.00 bits per heavy atom. The van der Waals surface area contributed by atoms with Gasteiger partial charge in [-0.1, -0.05) is 15.9 Å². The first-order valence-corrected chi connectivity index (χ1v) is 6.27. The Labute approximate surface area is 113 Å². The first-order chi connectivity index (χ1) is 8.24. The third-order valence-electron chi connectivity index (χ3n) is 2.11. The molecule has 0 aliphatic carbocycles. The quantitative estimate of drug-likeness (QED) is 0.851. The lowest BCUT2D eigenvalue weighted by Gasteiger charge is -2.09. The first-order valence-electron chi connectivity index (χ1n) is 5.07. The molecule has 0 aliphatic rings. The number of anilines is 1. The summed E-state index contributed by atoms with van der Waals surface area (Å²) in [6.07, 6.45) is 1.64. The van der Waals surface area contributed by atoms with E-state index in [-0.39, 0.29) is 0 Å². The topological polar surface area (TPSA) is 37.2 Å². The van der Waals surface area contributed by atoms with Gasteiger partial charge in [-0.15, -0.1) is 0 Å². The summed E-state index contributed by atoms with van der Waals surface area (Å²) in [5.74, 6) is 0.852. The van der Waals surface area contributed by atoms with Crippen molar-refractivity contribution in [1.82, 2.24) is 5.32 Å². The number of thiocarbonyl (C=S) groups is 1. The average molecular weight is 311 g/mol. The molecular weight excluding hydrogens is 300 g/mol. The number of nitrogens with one attached hydrogen (secondary N) is 2. The van der Waals surface area contributed by atoms with Gasteiger partial charge >= 0.3 is 0 Å². The predicted molar refractivity (Wildman–Crippen MR) is 75.9 cm³/mol. The van der Waals surface area contributed by atoms with Gasteiger partial charge in [-0.25, -0.2) is 0 Å². The van der Waals surface area contributed by atoms with Crippen LogP contribution in [0.5, 0.6) is 0 Å². The van der Waals surface area contributed by atoms with Gasteiger partial charge in [0.05, 0.1) is 12.8 Å². The number of hydrogen-bond donors (Lipinski definition) is 2. The molecule has 1 aromatic heterocycles. The van der Waals surface area contributed by atoms with Crippen molar-refractivity contribution in [3.8, 4) is 0 Å². The molecule has 1 aromatic carbocycles. The van der Waals surface area contributed by atoms with E-state index >= 15 is 0 Å². The van der Waals surface area contributed by atoms with Gasteiger partial charge in [-0.05, 0) is 48.6 Å². The third kappa shape index (κ3) is 3.87. The Hall–Kier alpha value is -1.33. The van der Waals surface area contributed by atoms with Crippen LogP contribution in [0.1, 0.15) is 5.76 Å². The van der Waals surface area contributed by atoms with Gasteiger partial charge in [-0.3, -0.25) is 0 Å². The molecule has 3 nitrogen and oxygen atoms in total. The maximum Gasteiger partial charge on any atom is 0.171 e. The molecule has 0 radical (unpaired) electrons. The molecular formula is C12H11BrN2OS. The lowest BCUT2D eigenvalue weighted by Crippen LogP contribution is -2.27. The van der Waals surface area contributed by atoms with Gasteiger partial charge in [-0.2, -0.15) is 0 Å². The van der Waals surface area contributed by atoms with Crippen LogP contribution in [0.2, 0.25) is 0 Å². The second-order valence-electron chi connectivity index (χ2n) is 3.39. The molecule has 0 saturated carbocycles. The molecule has 0 aliphatic heterocycles. The highest BCUT2D eigenvalue weighted by molar-refractivity contribution is 9.10. The Kier molecular flexibility index (Phi) is 4.17. The van der Waals surface area contributed by atoms with Crippen LogP contribution in [0.25, 0.3) is 0 Å². The predicted octanol–water partition coefficient (Wildman–Crippen LogP) is 3.53. The molecule has 2 rings (SSSR count). The van der Waals surface area contributed by atoms with E-state index < -0.39 is 0 Å². The smallest absolute Gasteiger partial charge is 0.171 e. The van der Waals surface area contributed by atoms with Crippen LogP contribution in [0.15, 0.2) is 51.6 Å². The monoisotopic (exact) mass is 310 g/mol. The summed E-state index contributed by atoms with van der Waals surface area (Å²) >= 11 is 8.55. The van der Waals surface area contributed by atoms with Gasteiger partial charge in [0.15, 0.2) is 5.11 Å². The molecule has 5 heteroatoms. The van der Waals surface area contributed by atoms with E-state index in [9.17, 15) is 0 Å². The summed E-state index contributed by atoms with van der Waals surface area (Å²) in [5.41, 5.74) is 0.949. The maximum atomic E-state index is 5.19. The average Bonchev–Trinajstić information content (AvgIpc) is 2.83. The minimum absolute atomic E-state index is 0.573. The maximum absolute atomic E-state index is 5.19. The Balaban J connectivity index is 1.83. The van der Waals surface area contributed by atoms with E-state index in [1.165, 1.54) is 0 Å². The van der Waals surface area contributed by atoms with Crippen molar-refractivity contribution in [2.75, 3.05) is 5.32 Å². The van der Waals surface area contributed by atoms with Gasteiger partial charge < -0.3 is 15.1 Å². The second-order valence-corrected chi connectivity index (χ2v) is 4.72. The van der Waals surface area contributed by atoms with Gasteiger partial charge in [0.2, 0.25) is 0 Å². The Bertz CT molecular complexity index is 482. The van der Waals surface area contributed by atoms with E-state index in [1.54, 1.807) is 6.26 Å². The second kappa shape index (κ2) is 5.84. The number of benzene rings is 1. The minimum atomic E-state index is 0.573. The first kappa shape index (κ1) is 12.1. The zero-order chi connectivity index (χ0) is 12.1. The van der Waals surface area contributed by atoms with Crippen LogP contribution in [-0.2, 0) is 6.54 Å². The Morgan fingerprint density at radius 1 is 1.24 bits per heavy atom. The van der Waals surface area contributed by atoms with Crippen molar-refractivity contribution in [3.63, 3.8) is 0 Å². The normalized spacial score (nSPS) is 9.94. The summed E-state index contributed by atoms with van der Waals surface area (Å²) in [6, 6.07) is 11.6. The molecule has 0 fully saturated rings. The molecule has 0 bridgehead atoms. The molecule has 2 N–H and O–H groups in total. The van der Waals surface area contributed by atoms with Crippen molar-refractivity contribution in [1.29, 1.82) is 0 Å². The number of rotatable bonds is 3. The van der Waals surface area contributed by atoms with Crippen molar-refractivity contribution in [2.45, 2.75) is 6.54 Å². The van der Waals surface area contributed by atoms with E-state index in [0.29, 0.717) is 11.7 Å². The molecule has 2 aromatic rings. The number of hydrogen-bond acceptors (Lipinski definition) is 2. The van der Waals surface area contributed by atoms with Crippen molar-refractivity contribution in [3.05, 3.63) is 52.9 Å². The molecule has 17 heavy (non-hydrogen) atoms. The number of halogens is 1. The van der Waals surface area contributed by atoms with Crippen molar-refractivity contribution >= 4 is 38.9 Å². The molecule has 0 unspecified atom stereocenters. The van der Waals surface area contributed by atoms with E-state index in [4.69, 9.17) is 16.6 Å². The minimum Gasteiger partial charge on any atom is -0.467 e.